The second-order valence-electron chi connectivity index (χ2n) is 6.27. The molecule has 1 N–H and O–H groups in total. The van der Waals surface area contributed by atoms with E-state index in [1.165, 1.54) is 12.8 Å². The molecule has 20 heavy (non-hydrogen) atoms. The van der Waals surface area contributed by atoms with Crippen LogP contribution >= 0.6 is 23.2 Å². The van der Waals surface area contributed by atoms with Crippen molar-refractivity contribution in [2.45, 2.75) is 50.3 Å². The van der Waals surface area contributed by atoms with Crippen molar-refractivity contribution >= 4 is 23.2 Å². The first-order chi connectivity index (χ1) is 9.56. The second-order valence-corrected chi connectivity index (χ2v) is 7.05. The number of piperidine rings is 1. The Balaban J connectivity index is 1.68. The highest BCUT2D eigenvalue weighted by Gasteiger charge is 2.40. The highest BCUT2D eigenvalue weighted by molar-refractivity contribution is 6.42. The SMILES string of the molecule is CN1C2CCC1CC(C(O)Cc1cccc(Cl)c1Cl)C2. The van der Waals surface area contributed by atoms with Crippen LogP contribution in [0.5, 0.6) is 0 Å². The molecule has 3 atom stereocenters. The Morgan fingerprint density at radius 2 is 1.90 bits per heavy atom. The minimum absolute atomic E-state index is 0.317. The van der Waals surface area contributed by atoms with Gasteiger partial charge < -0.3 is 10.0 Å². The van der Waals surface area contributed by atoms with Crippen LogP contribution in [-0.2, 0) is 6.42 Å². The number of hydrogen-bond acceptors (Lipinski definition) is 2. The molecule has 2 aliphatic rings. The lowest BCUT2D eigenvalue weighted by molar-refractivity contribution is 0.0368. The summed E-state index contributed by atoms with van der Waals surface area (Å²) in [5, 5.41) is 11.7. The van der Waals surface area contributed by atoms with E-state index in [0.29, 0.717) is 34.5 Å². The van der Waals surface area contributed by atoms with Crippen LogP contribution in [0.2, 0.25) is 10.0 Å². The van der Waals surface area contributed by atoms with E-state index >= 15 is 0 Å². The summed E-state index contributed by atoms with van der Waals surface area (Å²) in [5.41, 5.74) is 0.956. The van der Waals surface area contributed by atoms with Gasteiger partial charge in [0.1, 0.15) is 0 Å². The molecular weight excluding hydrogens is 293 g/mol. The number of halogens is 2. The first kappa shape index (κ1) is 14.6. The van der Waals surface area contributed by atoms with Gasteiger partial charge in [0.25, 0.3) is 0 Å². The number of benzene rings is 1. The second kappa shape index (κ2) is 5.84. The lowest BCUT2D eigenvalue weighted by atomic mass is 9.84. The lowest BCUT2D eigenvalue weighted by Crippen LogP contribution is -2.43. The van der Waals surface area contributed by atoms with Gasteiger partial charge in [0.15, 0.2) is 0 Å². The zero-order valence-electron chi connectivity index (χ0n) is 11.7. The minimum Gasteiger partial charge on any atom is -0.392 e. The van der Waals surface area contributed by atoms with Crippen LogP contribution < -0.4 is 0 Å². The van der Waals surface area contributed by atoms with Gasteiger partial charge in [0.05, 0.1) is 16.1 Å². The molecule has 110 valence electrons. The van der Waals surface area contributed by atoms with Crippen LogP contribution in [-0.4, -0.2) is 35.2 Å². The van der Waals surface area contributed by atoms with Gasteiger partial charge in [-0.05, 0) is 50.3 Å². The quantitative estimate of drug-likeness (QED) is 0.918. The Kier molecular flexibility index (Phi) is 4.28. The number of aliphatic hydroxyl groups is 1. The Morgan fingerprint density at radius 1 is 1.25 bits per heavy atom. The third kappa shape index (κ3) is 2.71. The van der Waals surface area contributed by atoms with E-state index in [4.69, 9.17) is 23.2 Å². The molecule has 4 heteroatoms. The van der Waals surface area contributed by atoms with Gasteiger partial charge in [-0.2, -0.15) is 0 Å². The van der Waals surface area contributed by atoms with Crippen LogP contribution in [0, 0.1) is 5.92 Å². The third-order valence-electron chi connectivity index (χ3n) is 5.14. The first-order valence-corrected chi connectivity index (χ1v) is 8.14. The molecule has 2 bridgehead atoms. The van der Waals surface area contributed by atoms with Crippen molar-refractivity contribution in [3.05, 3.63) is 33.8 Å². The van der Waals surface area contributed by atoms with Gasteiger partial charge in [-0.3, -0.25) is 0 Å². The number of fused-ring (bicyclic) bond motifs is 2. The molecule has 3 unspecified atom stereocenters. The van der Waals surface area contributed by atoms with Crippen LogP contribution in [0.3, 0.4) is 0 Å². The molecule has 2 saturated heterocycles. The van der Waals surface area contributed by atoms with E-state index < -0.39 is 0 Å². The molecule has 0 saturated carbocycles. The highest BCUT2D eigenvalue weighted by atomic mass is 35.5. The van der Waals surface area contributed by atoms with Crippen molar-refractivity contribution in [1.82, 2.24) is 4.90 Å². The average Bonchev–Trinajstić information content (AvgIpc) is 2.66. The smallest absolute Gasteiger partial charge is 0.0625 e. The van der Waals surface area contributed by atoms with Crippen LogP contribution in [0.1, 0.15) is 31.2 Å². The molecule has 0 aromatic heterocycles. The Bertz CT molecular complexity index is 479. The molecule has 2 heterocycles. The zero-order chi connectivity index (χ0) is 14.3. The number of hydrogen-bond donors (Lipinski definition) is 1. The maximum Gasteiger partial charge on any atom is 0.0625 e. The van der Waals surface area contributed by atoms with Gasteiger partial charge >= 0.3 is 0 Å². The summed E-state index contributed by atoms with van der Waals surface area (Å²) in [6.45, 7) is 0. The fourth-order valence-corrected chi connectivity index (χ4v) is 4.26. The van der Waals surface area contributed by atoms with Crippen molar-refractivity contribution in [1.29, 1.82) is 0 Å². The van der Waals surface area contributed by atoms with Gasteiger partial charge in [0, 0.05) is 18.5 Å². The van der Waals surface area contributed by atoms with Gasteiger partial charge in [-0.1, -0.05) is 35.3 Å². The van der Waals surface area contributed by atoms with Crippen molar-refractivity contribution in [3.63, 3.8) is 0 Å². The van der Waals surface area contributed by atoms with E-state index in [1.807, 2.05) is 12.1 Å². The summed E-state index contributed by atoms with van der Waals surface area (Å²) < 4.78 is 0. The molecule has 0 spiro atoms. The maximum absolute atomic E-state index is 10.6. The fourth-order valence-electron chi connectivity index (χ4n) is 3.87. The molecule has 0 radical (unpaired) electrons. The Labute approximate surface area is 130 Å². The standard InChI is InChI=1S/C16H21Cl2NO/c1-19-12-5-6-13(19)8-11(7-12)15(20)9-10-3-2-4-14(17)16(10)18/h2-4,11-13,15,20H,5-9H2,1H3. The van der Waals surface area contributed by atoms with E-state index in [2.05, 4.69) is 11.9 Å². The molecule has 2 aliphatic heterocycles. The maximum atomic E-state index is 10.6. The molecule has 1 aromatic rings. The van der Waals surface area contributed by atoms with Gasteiger partial charge in [0.2, 0.25) is 0 Å². The summed E-state index contributed by atoms with van der Waals surface area (Å²) in [6, 6.07) is 6.96. The normalized spacial score (nSPS) is 31.5. The fraction of sp³-hybridized carbons (Fsp3) is 0.625. The molecule has 0 amide bonds. The molecule has 2 fully saturated rings. The van der Waals surface area contributed by atoms with Crippen LogP contribution in [0.15, 0.2) is 18.2 Å². The van der Waals surface area contributed by atoms with Crippen molar-refractivity contribution in [2.24, 2.45) is 5.92 Å². The summed E-state index contributed by atoms with van der Waals surface area (Å²) in [6.07, 6.45) is 5.05. The summed E-state index contributed by atoms with van der Waals surface area (Å²) >= 11 is 12.3. The average molecular weight is 314 g/mol. The number of nitrogens with zero attached hydrogens (tertiary/aromatic N) is 1. The molecule has 2 nitrogen and oxygen atoms in total. The minimum atomic E-state index is -0.317. The monoisotopic (exact) mass is 313 g/mol. The largest absolute Gasteiger partial charge is 0.392 e. The molecule has 0 aliphatic carbocycles. The topological polar surface area (TPSA) is 23.5 Å². The molecule has 3 rings (SSSR count). The number of aliphatic hydroxyl groups excluding tert-OH is 1. The van der Waals surface area contributed by atoms with Crippen LogP contribution in [0.4, 0.5) is 0 Å². The summed E-state index contributed by atoms with van der Waals surface area (Å²) in [7, 11) is 2.22. The van der Waals surface area contributed by atoms with Crippen molar-refractivity contribution in [3.8, 4) is 0 Å². The van der Waals surface area contributed by atoms with Gasteiger partial charge in [-0.25, -0.2) is 0 Å². The highest BCUT2D eigenvalue weighted by Crippen LogP contribution is 2.39. The number of rotatable bonds is 3. The van der Waals surface area contributed by atoms with E-state index in [0.717, 1.165) is 18.4 Å². The Hall–Kier alpha value is -0.280. The molecular formula is C16H21Cl2NO. The summed E-state index contributed by atoms with van der Waals surface area (Å²) in [4.78, 5) is 2.50. The lowest BCUT2D eigenvalue weighted by Gasteiger charge is -2.38. The van der Waals surface area contributed by atoms with E-state index in [-0.39, 0.29) is 6.10 Å². The predicted molar refractivity (Wildman–Crippen MR) is 83.5 cm³/mol. The van der Waals surface area contributed by atoms with E-state index in [1.54, 1.807) is 6.07 Å². The van der Waals surface area contributed by atoms with Crippen molar-refractivity contribution < 1.29 is 5.11 Å². The zero-order valence-corrected chi connectivity index (χ0v) is 13.2. The van der Waals surface area contributed by atoms with Gasteiger partial charge in [-0.15, -0.1) is 0 Å². The van der Waals surface area contributed by atoms with Crippen LogP contribution in [0.25, 0.3) is 0 Å². The first-order valence-electron chi connectivity index (χ1n) is 7.39. The van der Waals surface area contributed by atoms with E-state index in [9.17, 15) is 5.11 Å². The summed E-state index contributed by atoms with van der Waals surface area (Å²) in [5.74, 6) is 0.388. The predicted octanol–water partition coefficient (Wildman–Crippen LogP) is 3.77. The Morgan fingerprint density at radius 3 is 2.55 bits per heavy atom. The molecule has 1 aromatic carbocycles. The van der Waals surface area contributed by atoms with Crippen molar-refractivity contribution in [2.75, 3.05) is 7.05 Å². The third-order valence-corrected chi connectivity index (χ3v) is 6.00.